The van der Waals surface area contributed by atoms with E-state index in [1.165, 1.54) is 37.4 Å². The molecule has 0 saturated carbocycles. The summed E-state index contributed by atoms with van der Waals surface area (Å²) in [5, 5.41) is 0.106. The van der Waals surface area contributed by atoms with Crippen LogP contribution in [0, 0.1) is 0 Å². The number of aromatic nitrogens is 1. The number of amides is 1. The van der Waals surface area contributed by atoms with Crippen LogP contribution in [0.5, 0.6) is 11.5 Å². The SMILES string of the molecule is CCOC(=O)CCCOc1cc(Cl)c(-c2cnc(C(F)(F)F)cc2C=NC)cc1C(=O)N(C)c1ccccc1OC. The second-order valence-corrected chi connectivity index (χ2v) is 9.07. The number of pyridine rings is 1. The molecule has 0 saturated heterocycles. The average molecular weight is 592 g/mol. The fraction of sp³-hybridized carbons (Fsp3) is 0.310. The van der Waals surface area contributed by atoms with Gasteiger partial charge in [0.25, 0.3) is 5.91 Å². The van der Waals surface area contributed by atoms with Gasteiger partial charge in [-0.15, -0.1) is 0 Å². The number of alkyl halides is 3. The molecule has 41 heavy (non-hydrogen) atoms. The van der Waals surface area contributed by atoms with E-state index in [0.717, 1.165) is 12.3 Å². The van der Waals surface area contributed by atoms with Crippen molar-refractivity contribution in [1.29, 1.82) is 0 Å². The fourth-order valence-electron chi connectivity index (χ4n) is 3.97. The zero-order chi connectivity index (χ0) is 30.2. The Hall–Kier alpha value is -4.12. The van der Waals surface area contributed by atoms with Crippen molar-refractivity contribution >= 4 is 35.4 Å². The summed E-state index contributed by atoms with van der Waals surface area (Å²) in [5.41, 5.74) is 0.0419. The second-order valence-electron chi connectivity index (χ2n) is 8.66. The number of esters is 1. The minimum atomic E-state index is -4.67. The zero-order valence-corrected chi connectivity index (χ0v) is 23.7. The highest BCUT2D eigenvalue weighted by molar-refractivity contribution is 6.34. The van der Waals surface area contributed by atoms with Gasteiger partial charge in [-0.2, -0.15) is 13.2 Å². The van der Waals surface area contributed by atoms with Crippen molar-refractivity contribution in [2.45, 2.75) is 25.9 Å². The van der Waals surface area contributed by atoms with E-state index in [1.807, 2.05) is 0 Å². The number of methoxy groups -OCH3 is 1. The maximum absolute atomic E-state index is 13.8. The van der Waals surface area contributed by atoms with Crippen LogP contribution >= 0.6 is 11.6 Å². The number of nitrogens with zero attached hydrogens (tertiary/aromatic N) is 3. The molecule has 0 radical (unpaired) electrons. The van der Waals surface area contributed by atoms with Crippen LogP contribution in [0.1, 0.15) is 41.4 Å². The molecule has 0 spiro atoms. The number of rotatable bonds is 11. The van der Waals surface area contributed by atoms with E-state index >= 15 is 0 Å². The molecular formula is C29H29ClF3N3O5. The Bertz CT molecular complexity index is 1430. The van der Waals surface area contributed by atoms with Crippen molar-refractivity contribution in [1.82, 2.24) is 4.98 Å². The van der Waals surface area contributed by atoms with Crippen LogP contribution in [0.3, 0.4) is 0 Å². The molecule has 12 heteroatoms. The summed E-state index contributed by atoms with van der Waals surface area (Å²) in [7, 11) is 4.45. The van der Waals surface area contributed by atoms with Crippen molar-refractivity contribution in [3.05, 3.63) is 70.5 Å². The Labute approximate surface area is 240 Å². The highest BCUT2D eigenvalue weighted by atomic mass is 35.5. The van der Waals surface area contributed by atoms with Crippen molar-refractivity contribution in [2.24, 2.45) is 4.99 Å². The highest BCUT2D eigenvalue weighted by Crippen LogP contribution is 2.39. The molecule has 0 atom stereocenters. The predicted octanol–water partition coefficient (Wildman–Crippen LogP) is 6.48. The summed E-state index contributed by atoms with van der Waals surface area (Å²) in [6.07, 6.45) is -1.95. The molecule has 0 bridgehead atoms. The smallest absolute Gasteiger partial charge is 0.433 e. The molecule has 3 rings (SSSR count). The second kappa shape index (κ2) is 14.0. The third kappa shape index (κ3) is 7.75. The Morgan fingerprint density at radius 2 is 1.85 bits per heavy atom. The maximum Gasteiger partial charge on any atom is 0.433 e. The standard InChI is InChI=1S/C29H29ClF3N3O5/c1-5-40-27(37)11-8-12-41-25-15-22(30)19(21-17-35-26(29(31,32)33)13-18(21)16-34-2)14-20(25)28(38)36(3)23-9-6-7-10-24(23)39-4/h6-7,9-10,13-17H,5,8,11-12H2,1-4H3. The van der Waals surface area contributed by atoms with Crippen molar-refractivity contribution in [2.75, 3.05) is 39.3 Å². The van der Waals surface area contributed by atoms with Crippen LogP contribution in [-0.2, 0) is 15.7 Å². The van der Waals surface area contributed by atoms with Gasteiger partial charge in [-0.3, -0.25) is 19.6 Å². The maximum atomic E-state index is 13.8. The van der Waals surface area contributed by atoms with Crippen molar-refractivity contribution in [3.63, 3.8) is 0 Å². The van der Waals surface area contributed by atoms with E-state index < -0.39 is 17.8 Å². The fourth-order valence-corrected chi connectivity index (χ4v) is 4.23. The first kappa shape index (κ1) is 31.4. The summed E-state index contributed by atoms with van der Waals surface area (Å²) in [6, 6.07) is 10.6. The average Bonchev–Trinajstić information content (AvgIpc) is 2.94. The number of hydrogen-bond acceptors (Lipinski definition) is 7. The molecular weight excluding hydrogens is 563 g/mol. The van der Waals surface area contributed by atoms with E-state index in [0.29, 0.717) is 17.9 Å². The van der Waals surface area contributed by atoms with Crippen LogP contribution in [0.2, 0.25) is 5.02 Å². The van der Waals surface area contributed by atoms with Gasteiger partial charge in [0.15, 0.2) is 0 Å². The third-order valence-electron chi connectivity index (χ3n) is 5.92. The van der Waals surface area contributed by atoms with Gasteiger partial charge in [0.1, 0.15) is 17.2 Å². The number of carbonyl (C=O) groups excluding carboxylic acids is 2. The van der Waals surface area contributed by atoms with Crippen molar-refractivity contribution in [3.8, 4) is 22.6 Å². The number of hydrogen-bond donors (Lipinski definition) is 0. The summed E-state index contributed by atoms with van der Waals surface area (Å²) >= 11 is 6.60. The first-order valence-corrected chi connectivity index (χ1v) is 12.9. The predicted molar refractivity (Wildman–Crippen MR) is 150 cm³/mol. The van der Waals surface area contributed by atoms with Gasteiger partial charge in [-0.1, -0.05) is 23.7 Å². The minimum absolute atomic E-state index is 0.0721. The molecule has 0 unspecified atom stereocenters. The van der Waals surface area contributed by atoms with Gasteiger partial charge in [0.05, 0.1) is 36.6 Å². The molecule has 0 N–H and O–H groups in total. The lowest BCUT2D eigenvalue weighted by Crippen LogP contribution is -2.27. The van der Waals surface area contributed by atoms with Gasteiger partial charge in [-0.05, 0) is 37.6 Å². The zero-order valence-electron chi connectivity index (χ0n) is 22.9. The first-order chi connectivity index (χ1) is 19.5. The number of para-hydroxylation sites is 2. The Morgan fingerprint density at radius 1 is 1.12 bits per heavy atom. The van der Waals surface area contributed by atoms with Crippen LogP contribution in [0.25, 0.3) is 11.1 Å². The lowest BCUT2D eigenvalue weighted by atomic mass is 9.98. The van der Waals surface area contributed by atoms with E-state index in [9.17, 15) is 22.8 Å². The van der Waals surface area contributed by atoms with Gasteiger partial charge in [-0.25, -0.2) is 0 Å². The molecule has 1 amide bonds. The number of benzene rings is 2. The van der Waals surface area contributed by atoms with Crippen LogP contribution in [0.15, 0.2) is 53.7 Å². The molecule has 0 aliphatic heterocycles. The topological polar surface area (TPSA) is 90.3 Å². The molecule has 1 aromatic heterocycles. The van der Waals surface area contributed by atoms with Crippen LogP contribution < -0.4 is 14.4 Å². The molecule has 218 valence electrons. The monoisotopic (exact) mass is 591 g/mol. The Balaban J connectivity index is 2.10. The number of carbonyl (C=O) groups is 2. The number of halogens is 4. The summed E-state index contributed by atoms with van der Waals surface area (Å²) in [6.45, 7) is 2.04. The van der Waals surface area contributed by atoms with Crippen LogP contribution in [0.4, 0.5) is 18.9 Å². The molecule has 8 nitrogen and oxygen atoms in total. The third-order valence-corrected chi connectivity index (χ3v) is 6.24. The highest BCUT2D eigenvalue weighted by Gasteiger charge is 2.33. The minimum Gasteiger partial charge on any atom is -0.495 e. The summed E-state index contributed by atoms with van der Waals surface area (Å²) in [5.74, 6) is -0.308. The van der Waals surface area contributed by atoms with Crippen molar-refractivity contribution < 1.29 is 37.0 Å². The molecule has 0 aliphatic carbocycles. The lowest BCUT2D eigenvalue weighted by molar-refractivity contribution is -0.143. The normalized spacial score (nSPS) is 11.4. The lowest BCUT2D eigenvalue weighted by Gasteiger charge is -2.22. The molecule has 0 fully saturated rings. The van der Waals surface area contributed by atoms with Gasteiger partial charge in [0.2, 0.25) is 0 Å². The van der Waals surface area contributed by atoms with E-state index in [2.05, 4.69) is 9.98 Å². The summed E-state index contributed by atoms with van der Waals surface area (Å²) < 4.78 is 56.3. The molecule has 3 aromatic rings. The Morgan fingerprint density at radius 3 is 2.51 bits per heavy atom. The number of ether oxygens (including phenoxy) is 3. The van der Waals surface area contributed by atoms with Gasteiger partial charge < -0.3 is 19.1 Å². The first-order valence-electron chi connectivity index (χ1n) is 12.5. The molecule has 2 aromatic carbocycles. The molecule has 0 aliphatic rings. The van der Waals surface area contributed by atoms with Gasteiger partial charge in [0, 0.05) is 55.7 Å². The largest absolute Gasteiger partial charge is 0.495 e. The van der Waals surface area contributed by atoms with E-state index in [-0.39, 0.29) is 58.6 Å². The van der Waals surface area contributed by atoms with Gasteiger partial charge >= 0.3 is 12.1 Å². The Kier molecular flexibility index (Phi) is 10.7. The van der Waals surface area contributed by atoms with Crippen LogP contribution in [-0.4, -0.2) is 57.5 Å². The quantitative estimate of drug-likeness (QED) is 0.144. The number of aliphatic imine (C=N–C) groups is 1. The molecule has 1 heterocycles. The summed E-state index contributed by atoms with van der Waals surface area (Å²) in [4.78, 5) is 34.3. The van der Waals surface area contributed by atoms with E-state index in [4.69, 9.17) is 25.8 Å². The number of anilines is 1. The van der Waals surface area contributed by atoms with E-state index in [1.54, 1.807) is 38.2 Å².